The van der Waals surface area contributed by atoms with E-state index in [9.17, 15) is 4.79 Å². The minimum atomic E-state index is -0.226. The van der Waals surface area contributed by atoms with Gasteiger partial charge in [-0.3, -0.25) is 9.78 Å². The monoisotopic (exact) mass is 448 g/mol. The molecule has 1 atom stereocenters. The maximum atomic E-state index is 13.1. The predicted octanol–water partition coefficient (Wildman–Crippen LogP) is 6.90. The van der Waals surface area contributed by atoms with Gasteiger partial charge in [-0.2, -0.15) is 0 Å². The number of carbonyl (C=O) groups excluding carboxylic acids is 1. The average Bonchev–Trinajstić information content (AvgIpc) is 2.87. The van der Waals surface area contributed by atoms with Gasteiger partial charge < -0.3 is 5.32 Å². The summed E-state index contributed by atoms with van der Waals surface area (Å²) in [5, 5.41) is 3.17. The molecule has 3 nitrogen and oxygen atoms in total. The molecule has 0 spiro atoms. The Morgan fingerprint density at radius 1 is 0.824 bits per heavy atom. The molecule has 1 N–H and O–H groups in total. The maximum Gasteiger partial charge on any atom is 0.231 e. The lowest BCUT2D eigenvalue weighted by Gasteiger charge is -2.16. The van der Waals surface area contributed by atoms with Crippen molar-refractivity contribution in [3.05, 3.63) is 131 Å². The zero-order valence-electron chi connectivity index (χ0n) is 20.0. The predicted molar refractivity (Wildman–Crippen MR) is 140 cm³/mol. The molecule has 1 aromatic heterocycles. The molecule has 0 aliphatic rings. The van der Waals surface area contributed by atoms with Crippen molar-refractivity contribution in [2.24, 2.45) is 0 Å². The fourth-order valence-corrected chi connectivity index (χ4v) is 4.22. The van der Waals surface area contributed by atoms with E-state index >= 15 is 0 Å². The Hall–Kier alpha value is -3.72. The zero-order chi connectivity index (χ0) is 23.8. The molecule has 34 heavy (non-hydrogen) atoms. The first-order valence-corrected chi connectivity index (χ1v) is 12.0. The first kappa shape index (κ1) is 23.4. The number of nitrogens with one attached hydrogen (secondary N) is 1. The van der Waals surface area contributed by atoms with Crippen molar-refractivity contribution in [3.8, 4) is 0 Å². The first-order valence-electron chi connectivity index (χ1n) is 12.0. The van der Waals surface area contributed by atoms with E-state index in [0.29, 0.717) is 0 Å². The van der Waals surface area contributed by atoms with E-state index in [2.05, 4.69) is 77.9 Å². The number of para-hydroxylation sites is 1. The molecule has 1 unspecified atom stereocenters. The van der Waals surface area contributed by atoms with E-state index in [1.807, 2.05) is 43.6 Å². The van der Waals surface area contributed by atoms with Crippen LogP contribution in [0.2, 0.25) is 0 Å². The molecule has 1 heterocycles. The second-order valence-corrected chi connectivity index (χ2v) is 8.93. The standard InChI is InChI=1S/C31H32N2O/c1-23-9-3-4-13-28(23)21-29-14-5-6-15-30(29)33-31(34)24(2)27-18-16-25(17-19-27)10-7-11-26-12-8-20-32-22-26/h3-6,8-9,12-20,22,24H,7,10-11,21H2,1-2H3,(H,33,34). The second kappa shape index (κ2) is 11.4. The van der Waals surface area contributed by atoms with Crippen LogP contribution in [-0.4, -0.2) is 10.9 Å². The van der Waals surface area contributed by atoms with Crippen LogP contribution in [0.15, 0.2) is 97.3 Å². The smallest absolute Gasteiger partial charge is 0.231 e. The summed E-state index contributed by atoms with van der Waals surface area (Å²) >= 11 is 0. The van der Waals surface area contributed by atoms with E-state index in [1.54, 1.807) is 0 Å². The Morgan fingerprint density at radius 3 is 2.26 bits per heavy atom. The highest BCUT2D eigenvalue weighted by atomic mass is 16.1. The zero-order valence-corrected chi connectivity index (χ0v) is 20.0. The molecule has 0 radical (unpaired) electrons. The lowest BCUT2D eigenvalue weighted by molar-refractivity contribution is -0.117. The van der Waals surface area contributed by atoms with Crippen LogP contribution in [0.5, 0.6) is 0 Å². The Kier molecular flexibility index (Phi) is 7.87. The van der Waals surface area contributed by atoms with E-state index in [0.717, 1.165) is 42.5 Å². The number of hydrogen-bond donors (Lipinski definition) is 1. The number of carbonyl (C=O) groups is 1. The van der Waals surface area contributed by atoms with Crippen molar-refractivity contribution in [3.63, 3.8) is 0 Å². The number of amides is 1. The fourth-order valence-electron chi connectivity index (χ4n) is 4.22. The number of hydrogen-bond acceptors (Lipinski definition) is 2. The van der Waals surface area contributed by atoms with Gasteiger partial charge in [-0.15, -0.1) is 0 Å². The number of pyridine rings is 1. The summed E-state index contributed by atoms with van der Waals surface area (Å²) in [5.74, 6) is -0.211. The lowest BCUT2D eigenvalue weighted by atomic mass is 9.96. The topological polar surface area (TPSA) is 42.0 Å². The van der Waals surface area contributed by atoms with Crippen molar-refractivity contribution in [1.82, 2.24) is 4.98 Å². The molecule has 4 aromatic rings. The molecule has 0 bridgehead atoms. The molecular weight excluding hydrogens is 416 g/mol. The molecule has 0 fully saturated rings. The van der Waals surface area contributed by atoms with Gasteiger partial charge >= 0.3 is 0 Å². The van der Waals surface area contributed by atoms with Gasteiger partial charge in [-0.05, 0) is 85.0 Å². The van der Waals surface area contributed by atoms with Crippen molar-refractivity contribution in [1.29, 1.82) is 0 Å². The number of anilines is 1. The number of aryl methyl sites for hydroxylation is 3. The van der Waals surface area contributed by atoms with Crippen LogP contribution in [0.25, 0.3) is 0 Å². The quantitative estimate of drug-likeness (QED) is 0.303. The van der Waals surface area contributed by atoms with Gasteiger partial charge in [0.1, 0.15) is 0 Å². The van der Waals surface area contributed by atoms with Crippen LogP contribution < -0.4 is 5.32 Å². The molecule has 3 heteroatoms. The molecule has 1 amide bonds. The van der Waals surface area contributed by atoms with E-state index < -0.39 is 0 Å². The van der Waals surface area contributed by atoms with Crippen molar-refractivity contribution < 1.29 is 4.79 Å². The summed E-state index contributed by atoms with van der Waals surface area (Å²) in [4.78, 5) is 17.3. The van der Waals surface area contributed by atoms with Crippen LogP contribution in [0, 0.1) is 6.92 Å². The molecular formula is C31H32N2O. The van der Waals surface area contributed by atoms with Crippen LogP contribution in [0.4, 0.5) is 5.69 Å². The van der Waals surface area contributed by atoms with E-state index in [4.69, 9.17) is 0 Å². The van der Waals surface area contributed by atoms with Crippen molar-refractivity contribution in [2.75, 3.05) is 5.32 Å². The van der Waals surface area contributed by atoms with Gasteiger partial charge in [0, 0.05) is 18.1 Å². The SMILES string of the molecule is Cc1ccccc1Cc1ccccc1NC(=O)C(C)c1ccc(CCCc2cccnc2)cc1. The highest BCUT2D eigenvalue weighted by Crippen LogP contribution is 2.24. The van der Waals surface area contributed by atoms with E-state index in [-0.39, 0.29) is 11.8 Å². The molecule has 172 valence electrons. The number of rotatable bonds is 9. The minimum Gasteiger partial charge on any atom is -0.325 e. The Balaban J connectivity index is 1.36. The summed E-state index contributed by atoms with van der Waals surface area (Å²) < 4.78 is 0. The third kappa shape index (κ3) is 6.20. The first-order chi connectivity index (χ1) is 16.6. The molecule has 3 aromatic carbocycles. The highest BCUT2D eigenvalue weighted by Gasteiger charge is 2.17. The lowest BCUT2D eigenvalue weighted by Crippen LogP contribution is -2.19. The van der Waals surface area contributed by atoms with Crippen LogP contribution in [0.3, 0.4) is 0 Å². The highest BCUT2D eigenvalue weighted by molar-refractivity contribution is 5.96. The second-order valence-electron chi connectivity index (χ2n) is 8.93. The average molecular weight is 449 g/mol. The maximum absolute atomic E-state index is 13.1. The van der Waals surface area contributed by atoms with Crippen LogP contribution >= 0.6 is 0 Å². The van der Waals surface area contributed by atoms with Gasteiger partial charge in [-0.25, -0.2) is 0 Å². The largest absolute Gasteiger partial charge is 0.325 e. The summed E-state index contributed by atoms with van der Waals surface area (Å²) in [6.45, 7) is 4.10. The van der Waals surface area contributed by atoms with Crippen LogP contribution in [0.1, 0.15) is 52.6 Å². The third-order valence-electron chi connectivity index (χ3n) is 6.44. The summed E-state index contributed by atoms with van der Waals surface area (Å²) in [6, 6.07) is 29.0. The third-order valence-corrected chi connectivity index (χ3v) is 6.44. The number of benzene rings is 3. The van der Waals surface area contributed by atoms with Gasteiger partial charge in [0.05, 0.1) is 5.92 Å². The summed E-state index contributed by atoms with van der Waals surface area (Å²) in [5.41, 5.74) is 8.14. The van der Waals surface area contributed by atoms with Gasteiger partial charge in [0.15, 0.2) is 0 Å². The van der Waals surface area contributed by atoms with Crippen molar-refractivity contribution in [2.45, 2.75) is 45.4 Å². The van der Waals surface area contributed by atoms with Gasteiger partial charge in [-0.1, -0.05) is 72.8 Å². The van der Waals surface area contributed by atoms with Gasteiger partial charge in [0.2, 0.25) is 5.91 Å². The van der Waals surface area contributed by atoms with E-state index in [1.165, 1.54) is 22.3 Å². The normalized spacial score (nSPS) is 11.7. The van der Waals surface area contributed by atoms with Crippen molar-refractivity contribution >= 4 is 11.6 Å². The Morgan fingerprint density at radius 2 is 1.53 bits per heavy atom. The molecule has 4 rings (SSSR count). The van der Waals surface area contributed by atoms with Crippen LogP contribution in [-0.2, 0) is 24.1 Å². The molecule has 0 saturated carbocycles. The number of nitrogens with zero attached hydrogens (tertiary/aromatic N) is 1. The Labute approximate surface area is 202 Å². The van der Waals surface area contributed by atoms with Gasteiger partial charge in [0.25, 0.3) is 0 Å². The molecule has 0 saturated heterocycles. The molecule has 0 aliphatic carbocycles. The Bertz CT molecular complexity index is 1220. The molecule has 0 aliphatic heterocycles. The minimum absolute atomic E-state index is 0.0153. The number of aromatic nitrogens is 1. The summed E-state index contributed by atoms with van der Waals surface area (Å²) in [7, 11) is 0. The summed E-state index contributed by atoms with van der Waals surface area (Å²) in [6.07, 6.45) is 7.66. The fraction of sp³-hybridized carbons (Fsp3) is 0.226.